The van der Waals surface area contributed by atoms with Crippen molar-refractivity contribution in [1.29, 1.82) is 0 Å². The van der Waals surface area contributed by atoms with E-state index in [-0.39, 0.29) is 25.8 Å². The lowest BCUT2D eigenvalue weighted by Gasteiger charge is -2.32. The van der Waals surface area contributed by atoms with E-state index in [4.69, 9.17) is 11.5 Å². The van der Waals surface area contributed by atoms with Crippen LogP contribution in [0, 0.1) is 0 Å². The molecule has 0 fully saturated rings. The minimum atomic E-state index is -1.60. The number of primary amides is 1. The van der Waals surface area contributed by atoms with Crippen molar-refractivity contribution in [2.75, 3.05) is 18.6 Å². The Bertz CT molecular complexity index is 1580. The van der Waals surface area contributed by atoms with Crippen LogP contribution in [0.1, 0.15) is 30.9 Å². The van der Waals surface area contributed by atoms with Gasteiger partial charge >= 0.3 is 5.97 Å². The summed E-state index contributed by atoms with van der Waals surface area (Å²) in [6.45, 7) is 1.13. The van der Waals surface area contributed by atoms with Gasteiger partial charge in [-0.05, 0) is 42.5 Å². The summed E-state index contributed by atoms with van der Waals surface area (Å²) < 4.78 is 0. The van der Waals surface area contributed by atoms with E-state index in [1.54, 1.807) is 42.8 Å². The van der Waals surface area contributed by atoms with Gasteiger partial charge in [0.1, 0.15) is 23.7 Å². The van der Waals surface area contributed by atoms with Crippen LogP contribution in [0.5, 0.6) is 0 Å². The molecule has 0 aliphatic heterocycles. The number of carboxylic acid groups (broad SMARTS) is 1. The highest BCUT2D eigenvalue weighted by atomic mass is 32.2. The molecule has 3 rings (SSSR count). The molecule has 4 atom stereocenters. The summed E-state index contributed by atoms with van der Waals surface area (Å²) in [6, 6.07) is 12.2. The Kier molecular flexibility index (Phi) is 13.3. The number of benzene rings is 2. The second kappa shape index (κ2) is 17.1. The molecule has 0 bridgehead atoms. The zero-order valence-corrected chi connectivity index (χ0v) is 27.0. The third kappa shape index (κ3) is 10.6. The highest BCUT2D eigenvalue weighted by Gasteiger charge is 2.38. The van der Waals surface area contributed by atoms with Gasteiger partial charge in [-0.3, -0.25) is 28.8 Å². The Labute approximate surface area is 276 Å². The number of nitrogens with one attached hydrogen (secondary N) is 5. The second-order valence-electron chi connectivity index (χ2n) is 11.2. The molecule has 5 amide bonds. The Balaban J connectivity index is 1.82. The molecule has 47 heavy (non-hydrogen) atoms. The molecule has 0 saturated carbocycles. The van der Waals surface area contributed by atoms with Crippen molar-refractivity contribution >= 4 is 58.2 Å². The minimum Gasteiger partial charge on any atom is -0.481 e. The maximum Gasteiger partial charge on any atom is 0.305 e. The monoisotopic (exact) mass is 667 g/mol. The summed E-state index contributed by atoms with van der Waals surface area (Å²) in [4.78, 5) is 80.1. The van der Waals surface area contributed by atoms with Gasteiger partial charge in [0.05, 0.1) is 13.0 Å². The Hall–Kier alpha value is -4.89. The van der Waals surface area contributed by atoms with Crippen molar-refractivity contribution < 1.29 is 33.9 Å². The average molecular weight is 668 g/mol. The van der Waals surface area contributed by atoms with E-state index in [2.05, 4.69) is 26.3 Å². The zero-order valence-electron chi connectivity index (χ0n) is 26.2. The van der Waals surface area contributed by atoms with Crippen LogP contribution in [0.4, 0.5) is 0 Å². The number of carboxylic acids is 1. The number of aliphatic carboxylic acids is 1. The summed E-state index contributed by atoms with van der Waals surface area (Å²) >= 11 is 1.40. The van der Waals surface area contributed by atoms with E-state index in [1.807, 2.05) is 24.3 Å². The second-order valence-corrected chi connectivity index (χ2v) is 12.2. The van der Waals surface area contributed by atoms with Crippen molar-refractivity contribution in [2.45, 2.75) is 56.3 Å². The van der Waals surface area contributed by atoms with Crippen molar-refractivity contribution in [1.82, 2.24) is 26.3 Å². The molecular weight excluding hydrogens is 626 g/mol. The number of amides is 5. The fraction of sp³-hybridized carbons (Fsp3) is 0.375. The molecule has 14 nitrogen and oxygen atoms in total. The molecule has 0 radical (unpaired) electrons. The van der Waals surface area contributed by atoms with Gasteiger partial charge in [0.15, 0.2) is 0 Å². The van der Waals surface area contributed by atoms with Crippen molar-refractivity contribution in [3.63, 3.8) is 0 Å². The van der Waals surface area contributed by atoms with E-state index in [0.29, 0.717) is 11.3 Å². The fourth-order valence-electron chi connectivity index (χ4n) is 5.02. The van der Waals surface area contributed by atoms with Gasteiger partial charge in [0, 0.05) is 29.9 Å². The summed E-state index contributed by atoms with van der Waals surface area (Å²) in [7, 11) is 0. The maximum atomic E-state index is 13.9. The van der Waals surface area contributed by atoms with Gasteiger partial charge in [-0.1, -0.05) is 48.5 Å². The number of aromatic amines is 1. The Morgan fingerprint density at radius 1 is 0.915 bits per heavy atom. The molecule has 2 aromatic carbocycles. The predicted octanol–water partition coefficient (Wildman–Crippen LogP) is -0.0458. The van der Waals surface area contributed by atoms with Crippen molar-refractivity contribution in [2.24, 2.45) is 11.5 Å². The van der Waals surface area contributed by atoms with Crippen LogP contribution in [0.25, 0.3) is 10.9 Å². The first-order valence-corrected chi connectivity index (χ1v) is 16.3. The SMILES string of the molecule is CSCC[C@H](NC(=O)C(C)(Cc1c[nH]c2ccccc12)NC(=O)CN)C(=O)N[C@@H](CC(=O)O)C(=O)N[C@@H](Cc1ccccc1)C(N)=O. The molecule has 10 N–H and O–H groups in total. The number of fused-ring (bicyclic) bond motifs is 1. The number of hydrogen-bond acceptors (Lipinski definition) is 8. The normalized spacial score (nSPS) is 14.2. The number of hydrogen-bond donors (Lipinski definition) is 8. The van der Waals surface area contributed by atoms with Crippen molar-refractivity contribution in [3.05, 3.63) is 71.9 Å². The molecule has 15 heteroatoms. The molecule has 3 aromatic rings. The third-order valence-electron chi connectivity index (χ3n) is 7.51. The Morgan fingerprint density at radius 2 is 1.55 bits per heavy atom. The minimum absolute atomic E-state index is 0.0470. The van der Waals surface area contributed by atoms with Gasteiger partial charge in [-0.15, -0.1) is 0 Å². The number of para-hydroxylation sites is 1. The quantitative estimate of drug-likeness (QED) is 0.0906. The lowest BCUT2D eigenvalue weighted by molar-refractivity contribution is -0.141. The van der Waals surface area contributed by atoms with Gasteiger partial charge < -0.3 is 42.8 Å². The Morgan fingerprint density at radius 3 is 2.19 bits per heavy atom. The van der Waals surface area contributed by atoms with Gasteiger partial charge in [0.2, 0.25) is 29.5 Å². The topological polar surface area (TPSA) is 239 Å². The number of aromatic nitrogens is 1. The summed E-state index contributed by atoms with van der Waals surface area (Å²) in [5, 5.41) is 20.6. The largest absolute Gasteiger partial charge is 0.481 e. The number of rotatable bonds is 18. The standard InChI is InChI=1S/C32H41N7O7S/c1-32(39-26(40)17-33,16-20-18-35-22-11-7-6-10-21(20)22)31(46)38-23(12-13-47-2)29(44)37-25(15-27(41)42)30(45)36-24(28(34)43)14-19-8-4-3-5-9-19/h3-11,18,23-25,35H,12-17,33H2,1-2H3,(H2,34,43)(H,36,45)(H,37,44)(H,38,46)(H,39,40)(H,41,42)/t23-,24-,25-,32?/m0/s1. The molecule has 0 spiro atoms. The van der Waals surface area contributed by atoms with Gasteiger partial charge in [-0.2, -0.15) is 11.8 Å². The van der Waals surface area contributed by atoms with Crippen LogP contribution in [0.2, 0.25) is 0 Å². The average Bonchev–Trinajstić information content (AvgIpc) is 3.44. The predicted molar refractivity (Wildman–Crippen MR) is 178 cm³/mol. The first kappa shape index (κ1) is 36.6. The molecule has 0 aliphatic rings. The molecule has 0 saturated heterocycles. The lowest BCUT2D eigenvalue weighted by atomic mass is 9.90. The number of thioether (sulfide) groups is 1. The van der Waals surface area contributed by atoms with Crippen molar-refractivity contribution in [3.8, 4) is 0 Å². The number of carbonyl (C=O) groups excluding carboxylic acids is 5. The van der Waals surface area contributed by atoms with E-state index < -0.39 is 65.6 Å². The van der Waals surface area contributed by atoms with Crippen LogP contribution >= 0.6 is 11.8 Å². The van der Waals surface area contributed by atoms with E-state index in [0.717, 1.165) is 16.5 Å². The molecule has 1 unspecified atom stereocenters. The van der Waals surface area contributed by atoms with Gasteiger partial charge in [0.25, 0.3) is 0 Å². The first-order valence-electron chi connectivity index (χ1n) is 14.9. The van der Waals surface area contributed by atoms with E-state index in [1.165, 1.54) is 18.7 Å². The molecule has 0 aliphatic carbocycles. The maximum absolute atomic E-state index is 13.9. The first-order chi connectivity index (χ1) is 22.4. The molecule has 1 aromatic heterocycles. The summed E-state index contributed by atoms with van der Waals surface area (Å²) in [5.74, 6) is -4.86. The number of carbonyl (C=O) groups is 6. The molecule has 1 heterocycles. The highest BCUT2D eigenvalue weighted by Crippen LogP contribution is 2.23. The third-order valence-corrected chi connectivity index (χ3v) is 8.15. The van der Waals surface area contributed by atoms with Crippen LogP contribution < -0.4 is 32.7 Å². The number of nitrogens with two attached hydrogens (primary N) is 2. The van der Waals surface area contributed by atoms with Crippen LogP contribution in [-0.4, -0.2) is 87.8 Å². The highest BCUT2D eigenvalue weighted by molar-refractivity contribution is 7.98. The van der Waals surface area contributed by atoms with Crippen LogP contribution in [0.15, 0.2) is 60.8 Å². The molecule has 252 valence electrons. The summed E-state index contributed by atoms with van der Waals surface area (Å²) in [6.07, 6.45) is 2.94. The van der Waals surface area contributed by atoms with E-state index >= 15 is 0 Å². The summed E-state index contributed by atoms with van der Waals surface area (Å²) in [5.41, 5.74) is 11.8. The number of H-pyrrole nitrogens is 1. The zero-order chi connectivity index (χ0) is 34.6. The van der Waals surface area contributed by atoms with Gasteiger partial charge in [-0.25, -0.2) is 0 Å². The van der Waals surface area contributed by atoms with Crippen LogP contribution in [-0.2, 0) is 41.6 Å². The van der Waals surface area contributed by atoms with E-state index in [9.17, 15) is 33.9 Å². The lowest BCUT2D eigenvalue weighted by Crippen LogP contribution is -2.63. The fourth-order valence-corrected chi connectivity index (χ4v) is 5.49. The smallest absolute Gasteiger partial charge is 0.305 e. The van der Waals surface area contributed by atoms with Crippen LogP contribution in [0.3, 0.4) is 0 Å². The molecular formula is C32H41N7O7S.